The van der Waals surface area contributed by atoms with Gasteiger partial charge in [-0.3, -0.25) is 9.48 Å². The van der Waals surface area contributed by atoms with E-state index in [-0.39, 0.29) is 23.9 Å². The summed E-state index contributed by atoms with van der Waals surface area (Å²) in [6.45, 7) is 2.80. The molecule has 1 aromatic rings. The second kappa shape index (κ2) is 5.85. The first kappa shape index (κ1) is 14.5. The summed E-state index contributed by atoms with van der Waals surface area (Å²) in [5.41, 5.74) is 6.15. The minimum Gasteiger partial charge on any atom is -0.396 e. The number of carbonyl (C=O) groups excluding carboxylic acids is 1. The van der Waals surface area contributed by atoms with Crippen LogP contribution in [0.5, 0.6) is 0 Å². The maximum Gasteiger partial charge on any atom is 0.273 e. The summed E-state index contributed by atoms with van der Waals surface area (Å²) < 4.78 is 23.4. The number of aryl methyl sites for hydroxylation is 1. The van der Waals surface area contributed by atoms with Gasteiger partial charge in [0.1, 0.15) is 9.84 Å². The SMILES string of the molecule is CCn1cc(N)c(C(=O)NCCCS(C)(=O)=O)n1. The molecule has 0 spiro atoms. The van der Waals surface area contributed by atoms with E-state index >= 15 is 0 Å². The van der Waals surface area contributed by atoms with Crippen molar-refractivity contribution >= 4 is 21.4 Å². The lowest BCUT2D eigenvalue weighted by atomic mass is 10.3. The number of hydrogen-bond acceptors (Lipinski definition) is 5. The van der Waals surface area contributed by atoms with E-state index in [2.05, 4.69) is 10.4 Å². The number of nitrogens with one attached hydrogen (secondary N) is 1. The van der Waals surface area contributed by atoms with Crippen LogP contribution in [0.3, 0.4) is 0 Å². The zero-order valence-electron chi connectivity index (χ0n) is 10.5. The van der Waals surface area contributed by atoms with Crippen LogP contribution in [0.25, 0.3) is 0 Å². The Hall–Kier alpha value is -1.57. The molecule has 1 rings (SSSR count). The van der Waals surface area contributed by atoms with Crippen LogP contribution >= 0.6 is 0 Å². The lowest BCUT2D eigenvalue weighted by Crippen LogP contribution is -2.27. The quantitative estimate of drug-likeness (QED) is 0.689. The zero-order valence-corrected chi connectivity index (χ0v) is 11.3. The molecule has 0 fully saturated rings. The molecule has 0 unspecified atom stereocenters. The average Bonchev–Trinajstić information content (AvgIpc) is 2.64. The number of amides is 1. The Labute approximate surface area is 106 Å². The summed E-state index contributed by atoms with van der Waals surface area (Å²) in [6.07, 6.45) is 3.13. The highest BCUT2D eigenvalue weighted by molar-refractivity contribution is 7.90. The summed E-state index contributed by atoms with van der Waals surface area (Å²) in [6, 6.07) is 0. The molecule has 102 valence electrons. The van der Waals surface area contributed by atoms with Gasteiger partial charge in [0.25, 0.3) is 5.91 Å². The number of sulfone groups is 1. The second-order valence-corrected chi connectivity index (χ2v) is 6.29. The predicted octanol–water partition coefficient (Wildman–Crippen LogP) is -0.350. The molecule has 0 aliphatic heterocycles. The number of nitrogens with two attached hydrogens (primary N) is 1. The third-order valence-corrected chi connectivity index (χ3v) is 3.34. The Balaban J connectivity index is 2.48. The van der Waals surface area contributed by atoms with Crippen LogP contribution in [-0.4, -0.2) is 42.7 Å². The predicted molar refractivity (Wildman–Crippen MR) is 69.0 cm³/mol. The lowest BCUT2D eigenvalue weighted by molar-refractivity contribution is 0.0948. The topological polar surface area (TPSA) is 107 Å². The van der Waals surface area contributed by atoms with Crippen LogP contribution in [0, 0.1) is 0 Å². The van der Waals surface area contributed by atoms with E-state index < -0.39 is 9.84 Å². The first-order valence-corrected chi connectivity index (χ1v) is 7.68. The van der Waals surface area contributed by atoms with Crippen molar-refractivity contribution in [1.29, 1.82) is 0 Å². The van der Waals surface area contributed by atoms with Crippen LogP contribution in [0.4, 0.5) is 5.69 Å². The van der Waals surface area contributed by atoms with E-state index in [0.29, 0.717) is 18.7 Å². The molecule has 7 nitrogen and oxygen atoms in total. The van der Waals surface area contributed by atoms with Gasteiger partial charge in [0.15, 0.2) is 5.69 Å². The van der Waals surface area contributed by atoms with Gasteiger partial charge in [0, 0.05) is 25.5 Å². The fraction of sp³-hybridized carbons (Fsp3) is 0.600. The van der Waals surface area contributed by atoms with Crippen molar-refractivity contribution in [3.8, 4) is 0 Å². The smallest absolute Gasteiger partial charge is 0.273 e. The van der Waals surface area contributed by atoms with Crippen molar-refractivity contribution in [2.45, 2.75) is 19.9 Å². The molecule has 0 aliphatic rings. The van der Waals surface area contributed by atoms with Crippen molar-refractivity contribution in [3.63, 3.8) is 0 Å². The average molecular weight is 274 g/mol. The molecule has 8 heteroatoms. The normalized spacial score (nSPS) is 11.4. The number of rotatable bonds is 6. The molecule has 0 saturated heterocycles. The Bertz CT molecular complexity index is 521. The molecule has 0 bridgehead atoms. The first-order chi connectivity index (χ1) is 8.33. The van der Waals surface area contributed by atoms with Crippen LogP contribution < -0.4 is 11.1 Å². The lowest BCUT2D eigenvalue weighted by Gasteiger charge is -2.03. The van der Waals surface area contributed by atoms with Gasteiger partial charge in [-0.1, -0.05) is 0 Å². The molecule has 1 amide bonds. The van der Waals surface area contributed by atoms with E-state index in [0.717, 1.165) is 6.26 Å². The van der Waals surface area contributed by atoms with Gasteiger partial charge < -0.3 is 11.1 Å². The summed E-state index contributed by atoms with van der Waals surface area (Å²) in [4.78, 5) is 11.7. The molecule has 1 aromatic heterocycles. The molecular formula is C10H18N4O3S. The van der Waals surface area contributed by atoms with Gasteiger partial charge in [0.05, 0.1) is 11.4 Å². The summed E-state index contributed by atoms with van der Waals surface area (Å²) in [7, 11) is -2.99. The van der Waals surface area contributed by atoms with Gasteiger partial charge in [-0.05, 0) is 13.3 Å². The third-order valence-electron chi connectivity index (χ3n) is 2.31. The number of anilines is 1. The van der Waals surface area contributed by atoms with E-state index in [1.54, 1.807) is 10.9 Å². The van der Waals surface area contributed by atoms with Crippen LogP contribution in [-0.2, 0) is 16.4 Å². The largest absolute Gasteiger partial charge is 0.396 e. The standard InChI is InChI=1S/C10H18N4O3S/c1-3-14-7-8(11)9(13-14)10(15)12-5-4-6-18(2,16)17/h7H,3-6,11H2,1-2H3,(H,12,15). The van der Waals surface area contributed by atoms with Crippen LogP contribution in [0.15, 0.2) is 6.20 Å². The minimum atomic E-state index is -2.99. The van der Waals surface area contributed by atoms with Gasteiger partial charge >= 0.3 is 0 Å². The minimum absolute atomic E-state index is 0.0478. The monoisotopic (exact) mass is 274 g/mol. The number of aromatic nitrogens is 2. The molecule has 0 atom stereocenters. The van der Waals surface area contributed by atoms with E-state index in [4.69, 9.17) is 5.73 Å². The number of carbonyl (C=O) groups is 1. The fourth-order valence-electron chi connectivity index (χ4n) is 1.40. The molecule has 0 radical (unpaired) electrons. The highest BCUT2D eigenvalue weighted by atomic mass is 32.2. The fourth-order valence-corrected chi connectivity index (χ4v) is 2.06. The third kappa shape index (κ3) is 4.36. The van der Waals surface area contributed by atoms with Crippen molar-refractivity contribution < 1.29 is 13.2 Å². The highest BCUT2D eigenvalue weighted by Crippen LogP contribution is 2.08. The Morgan fingerprint density at radius 3 is 2.72 bits per heavy atom. The molecule has 18 heavy (non-hydrogen) atoms. The van der Waals surface area contributed by atoms with Crippen molar-refractivity contribution in [2.75, 3.05) is 24.3 Å². The van der Waals surface area contributed by atoms with Crippen molar-refractivity contribution in [1.82, 2.24) is 15.1 Å². The van der Waals surface area contributed by atoms with Gasteiger partial charge in [-0.15, -0.1) is 0 Å². The van der Waals surface area contributed by atoms with Crippen LogP contribution in [0.2, 0.25) is 0 Å². The van der Waals surface area contributed by atoms with E-state index in [1.807, 2.05) is 6.92 Å². The summed E-state index contributed by atoms with van der Waals surface area (Å²) in [5, 5.41) is 6.61. The number of nitrogens with zero attached hydrogens (tertiary/aromatic N) is 2. The highest BCUT2D eigenvalue weighted by Gasteiger charge is 2.14. The zero-order chi connectivity index (χ0) is 13.8. The van der Waals surface area contributed by atoms with Gasteiger partial charge in [0.2, 0.25) is 0 Å². The molecular weight excluding hydrogens is 256 g/mol. The Kier molecular flexibility index (Phi) is 4.71. The maximum atomic E-state index is 11.7. The van der Waals surface area contributed by atoms with Crippen molar-refractivity contribution in [3.05, 3.63) is 11.9 Å². The molecule has 0 aliphatic carbocycles. The Morgan fingerprint density at radius 1 is 1.56 bits per heavy atom. The van der Waals surface area contributed by atoms with E-state index in [9.17, 15) is 13.2 Å². The van der Waals surface area contributed by atoms with Crippen LogP contribution in [0.1, 0.15) is 23.8 Å². The molecule has 0 saturated carbocycles. The molecule has 1 heterocycles. The van der Waals surface area contributed by atoms with E-state index in [1.165, 1.54) is 0 Å². The van der Waals surface area contributed by atoms with Gasteiger partial charge in [-0.2, -0.15) is 5.10 Å². The first-order valence-electron chi connectivity index (χ1n) is 5.62. The van der Waals surface area contributed by atoms with Gasteiger partial charge in [-0.25, -0.2) is 8.42 Å². The summed E-state index contributed by atoms with van der Waals surface area (Å²) in [5.74, 6) is -0.334. The van der Waals surface area contributed by atoms with Crippen molar-refractivity contribution in [2.24, 2.45) is 0 Å². The number of nitrogen functional groups attached to an aromatic ring is 1. The Morgan fingerprint density at radius 2 is 2.22 bits per heavy atom. The maximum absolute atomic E-state index is 11.7. The second-order valence-electron chi connectivity index (χ2n) is 4.03. The summed E-state index contributed by atoms with van der Waals surface area (Å²) >= 11 is 0. The molecule has 3 N–H and O–H groups in total. The molecule has 0 aromatic carbocycles. The number of hydrogen-bond donors (Lipinski definition) is 2.